The number of carbonyl (C=O) groups is 2. The summed E-state index contributed by atoms with van der Waals surface area (Å²) in [5.74, 6) is -0.182. The van der Waals surface area contributed by atoms with Crippen molar-refractivity contribution in [3.8, 4) is 5.75 Å². The Morgan fingerprint density at radius 3 is 2.00 bits per heavy atom. The number of aliphatic hydroxyl groups excluding tert-OH is 1. The van der Waals surface area contributed by atoms with E-state index >= 15 is 0 Å². The molecule has 11 heteroatoms. The number of imidazole rings is 2. The molecule has 0 bridgehead atoms. The lowest BCUT2D eigenvalue weighted by molar-refractivity contribution is -0.131. The lowest BCUT2D eigenvalue weighted by atomic mass is 9.92. The van der Waals surface area contributed by atoms with Crippen molar-refractivity contribution in [1.29, 1.82) is 0 Å². The van der Waals surface area contributed by atoms with Crippen LogP contribution < -0.4 is 4.74 Å². The Hall–Kier alpha value is -6.36. The molecular formula is C43H42N6O5. The van der Waals surface area contributed by atoms with Crippen LogP contribution in [-0.2, 0) is 27.4 Å². The zero-order chi connectivity index (χ0) is 36.9. The molecule has 2 amide bonds. The first kappa shape index (κ1) is 34.7. The molecule has 2 aromatic heterocycles. The molecule has 3 aliphatic heterocycles. The van der Waals surface area contributed by atoms with Crippen molar-refractivity contribution in [2.75, 3.05) is 13.1 Å². The number of hydrogen-bond donors (Lipinski definition) is 1. The highest BCUT2D eigenvalue weighted by molar-refractivity contribution is 6.07. The quantitative estimate of drug-likeness (QED) is 0.134. The second-order valence-electron chi connectivity index (χ2n) is 13.7. The van der Waals surface area contributed by atoms with E-state index in [4.69, 9.17) is 9.47 Å². The van der Waals surface area contributed by atoms with Crippen LogP contribution in [0, 0.1) is 0 Å². The minimum absolute atomic E-state index is 0.201. The van der Waals surface area contributed by atoms with Gasteiger partial charge in [0.15, 0.2) is 11.5 Å². The predicted molar refractivity (Wildman–Crippen MR) is 203 cm³/mol. The van der Waals surface area contributed by atoms with Gasteiger partial charge in [0.2, 0.25) is 0 Å². The second kappa shape index (κ2) is 15.7. The lowest BCUT2D eigenvalue weighted by Crippen LogP contribution is -2.45. The number of allylic oxidation sites excluding steroid dienone is 1. The van der Waals surface area contributed by atoms with Gasteiger partial charge in [-0.15, -0.1) is 0 Å². The fourth-order valence-corrected chi connectivity index (χ4v) is 7.79. The fourth-order valence-electron chi connectivity index (χ4n) is 7.79. The van der Waals surface area contributed by atoms with Gasteiger partial charge in [-0.2, -0.15) is 0 Å². The van der Waals surface area contributed by atoms with Crippen LogP contribution >= 0.6 is 0 Å². The first-order valence-corrected chi connectivity index (χ1v) is 18.5. The molecular weight excluding hydrogens is 681 g/mol. The van der Waals surface area contributed by atoms with Crippen LogP contribution in [0.5, 0.6) is 5.75 Å². The molecule has 3 aliphatic rings. The van der Waals surface area contributed by atoms with Gasteiger partial charge in [-0.05, 0) is 60.6 Å². The average Bonchev–Trinajstić information content (AvgIpc) is 4.03. The van der Waals surface area contributed by atoms with Crippen molar-refractivity contribution in [2.24, 2.45) is 0 Å². The summed E-state index contributed by atoms with van der Waals surface area (Å²) in [5.41, 5.74) is 3.73. The Morgan fingerprint density at radius 2 is 1.39 bits per heavy atom. The average molecular weight is 723 g/mol. The summed E-state index contributed by atoms with van der Waals surface area (Å²) in [6.07, 6.45) is 17.3. The first-order chi connectivity index (χ1) is 26.6. The Morgan fingerprint density at radius 1 is 0.741 bits per heavy atom. The molecule has 0 saturated heterocycles. The third-order valence-electron chi connectivity index (χ3n) is 10.3. The smallest absolute Gasteiger partial charge is 0.290 e. The summed E-state index contributed by atoms with van der Waals surface area (Å²) in [7, 11) is 0. The molecule has 0 fully saturated rings. The van der Waals surface area contributed by atoms with Gasteiger partial charge in [-0.25, -0.2) is 9.97 Å². The molecule has 0 spiro atoms. The van der Waals surface area contributed by atoms with E-state index in [0.29, 0.717) is 43.9 Å². The van der Waals surface area contributed by atoms with Gasteiger partial charge >= 0.3 is 0 Å². The van der Waals surface area contributed by atoms with Gasteiger partial charge in [0.25, 0.3) is 11.8 Å². The van der Waals surface area contributed by atoms with E-state index in [1.807, 2.05) is 117 Å². The summed E-state index contributed by atoms with van der Waals surface area (Å²) in [5, 5.41) is 11.4. The van der Waals surface area contributed by atoms with Crippen LogP contribution in [0.2, 0.25) is 0 Å². The number of aliphatic hydroxyl groups is 1. The maximum absolute atomic E-state index is 14.6. The summed E-state index contributed by atoms with van der Waals surface area (Å²) in [4.78, 5) is 40.3. The van der Waals surface area contributed by atoms with Crippen LogP contribution in [0.3, 0.4) is 0 Å². The van der Waals surface area contributed by atoms with E-state index in [1.54, 1.807) is 36.2 Å². The van der Waals surface area contributed by atoms with Crippen LogP contribution in [0.15, 0.2) is 146 Å². The number of nitrogens with zero attached hydrogens (tertiary/aromatic N) is 6. The molecule has 0 saturated carbocycles. The van der Waals surface area contributed by atoms with Gasteiger partial charge < -0.3 is 33.5 Å². The summed E-state index contributed by atoms with van der Waals surface area (Å²) in [6.45, 7) is 2.28. The van der Waals surface area contributed by atoms with Crippen LogP contribution in [0.25, 0.3) is 11.1 Å². The van der Waals surface area contributed by atoms with Gasteiger partial charge in [0, 0.05) is 62.1 Å². The number of benzene rings is 3. The van der Waals surface area contributed by atoms with Gasteiger partial charge in [-0.1, -0.05) is 72.8 Å². The Balaban J connectivity index is 1.15. The van der Waals surface area contributed by atoms with E-state index in [0.717, 1.165) is 41.5 Å². The molecule has 8 rings (SSSR count). The van der Waals surface area contributed by atoms with Gasteiger partial charge in [0.05, 0.1) is 31.0 Å². The third kappa shape index (κ3) is 7.04. The summed E-state index contributed by atoms with van der Waals surface area (Å²) in [6, 6.07) is 26.0. The molecule has 3 unspecified atom stereocenters. The second-order valence-corrected chi connectivity index (χ2v) is 13.7. The molecule has 274 valence electrons. The maximum atomic E-state index is 14.6. The zero-order valence-corrected chi connectivity index (χ0v) is 29.9. The lowest BCUT2D eigenvalue weighted by Gasteiger charge is -2.34. The zero-order valence-electron chi connectivity index (χ0n) is 29.9. The maximum Gasteiger partial charge on any atom is 0.290 e. The van der Waals surface area contributed by atoms with E-state index < -0.39 is 11.9 Å². The number of aromatic nitrogens is 4. The molecule has 0 radical (unpaired) electrons. The summed E-state index contributed by atoms with van der Waals surface area (Å²) >= 11 is 0. The van der Waals surface area contributed by atoms with Crippen LogP contribution in [0.4, 0.5) is 0 Å². The summed E-state index contributed by atoms with van der Waals surface area (Å²) < 4.78 is 16.9. The van der Waals surface area contributed by atoms with Crippen LogP contribution in [0.1, 0.15) is 48.4 Å². The minimum atomic E-state index is -0.581. The molecule has 1 N–H and O–H groups in total. The predicted octanol–water partition coefficient (Wildman–Crippen LogP) is 6.81. The topological polar surface area (TPSA) is 115 Å². The van der Waals surface area contributed by atoms with Gasteiger partial charge in [0.1, 0.15) is 11.9 Å². The standard InChI is InChI=1S/C43H42N6O5/c50-40-36(31-12-3-1-4-13-31)38(48(42(40)51)23-10-21-46-25-19-44-29-46)33-16-9-17-34(28-33)54-41-37(32-14-5-2-6-15-32)39(35-18-7-8-27-53-35)49(43(41)52)24-11-22-47-26-20-45-30-47/h1-6,8-9,12-17,19-20,25-30,35,38-39,50H,7,10-11,18,21-24H2. The molecule has 0 aliphatic carbocycles. The van der Waals surface area contributed by atoms with E-state index in [-0.39, 0.29) is 29.6 Å². The monoisotopic (exact) mass is 722 g/mol. The normalized spacial score (nSPS) is 20.0. The SMILES string of the molecule is O=C1C(O)=C(c2ccccc2)C(c2cccc(OC3=C(c4ccccc4)C(C4CCC=CO4)N(CCCn4ccnc4)C3=O)c2)N1CCCn1ccnc1. The Labute approximate surface area is 314 Å². The van der Waals surface area contributed by atoms with Crippen molar-refractivity contribution in [3.05, 3.63) is 163 Å². The number of carbonyl (C=O) groups excluding carboxylic acids is 2. The fraction of sp³-hybridized carbons (Fsp3) is 0.256. The van der Waals surface area contributed by atoms with Gasteiger partial charge in [-0.3, -0.25) is 9.59 Å². The molecule has 5 aromatic rings. The highest BCUT2D eigenvalue weighted by Gasteiger charge is 2.46. The molecule has 54 heavy (non-hydrogen) atoms. The number of amides is 2. The van der Waals surface area contributed by atoms with E-state index in [2.05, 4.69) is 9.97 Å². The Kier molecular flexibility index (Phi) is 10.1. The molecule has 3 aromatic carbocycles. The Bertz CT molecular complexity index is 2160. The molecule has 3 atom stereocenters. The number of hydrogen-bond acceptors (Lipinski definition) is 7. The highest BCUT2D eigenvalue weighted by atomic mass is 16.5. The molecule has 11 nitrogen and oxygen atoms in total. The van der Waals surface area contributed by atoms with Crippen LogP contribution in [-0.4, -0.2) is 71.1 Å². The number of rotatable bonds is 14. The third-order valence-corrected chi connectivity index (χ3v) is 10.3. The largest absolute Gasteiger partial charge is 0.503 e. The molecule has 5 heterocycles. The highest BCUT2D eigenvalue weighted by Crippen LogP contribution is 2.45. The van der Waals surface area contributed by atoms with E-state index in [1.165, 1.54) is 0 Å². The van der Waals surface area contributed by atoms with Crippen molar-refractivity contribution in [3.63, 3.8) is 0 Å². The number of aryl methyl sites for hydroxylation is 2. The minimum Gasteiger partial charge on any atom is -0.503 e. The first-order valence-electron chi connectivity index (χ1n) is 18.5. The van der Waals surface area contributed by atoms with Crippen molar-refractivity contribution < 1.29 is 24.2 Å². The van der Waals surface area contributed by atoms with E-state index in [9.17, 15) is 14.7 Å². The van der Waals surface area contributed by atoms with Crippen molar-refractivity contribution in [1.82, 2.24) is 28.9 Å². The van der Waals surface area contributed by atoms with Crippen molar-refractivity contribution in [2.45, 2.75) is 57.0 Å². The number of ether oxygens (including phenoxy) is 2. The van der Waals surface area contributed by atoms with Crippen molar-refractivity contribution >= 4 is 23.0 Å².